The van der Waals surface area contributed by atoms with Crippen molar-refractivity contribution in [3.63, 3.8) is 0 Å². The van der Waals surface area contributed by atoms with Crippen LogP contribution in [0.4, 0.5) is 10.6 Å². The van der Waals surface area contributed by atoms with Gasteiger partial charge in [0.15, 0.2) is 5.82 Å². The zero-order chi connectivity index (χ0) is 20.9. The van der Waals surface area contributed by atoms with Crippen LogP contribution in [0.3, 0.4) is 0 Å². The van der Waals surface area contributed by atoms with E-state index in [0.29, 0.717) is 25.5 Å². The summed E-state index contributed by atoms with van der Waals surface area (Å²) in [6, 6.07) is 22.0. The van der Waals surface area contributed by atoms with E-state index in [-0.39, 0.29) is 6.10 Å². The van der Waals surface area contributed by atoms with Gasteiger partial charge in [0.25, 0.3) is 0 Å². The third-order valence-corrected chi connectivity index (χ3v) is 5.09. The van der Waals surface area contributed by atoms with E-state index in [4.69, 9.17) is 9.73 Å². The third-order valence-electron chi connectivity index (χ3n) is 5.09. The normalized spacial score (nSPS) is 16.2. The second-order valence-electron chi connectivity index (χ2n) is 7.19. The highest BCUT2D eigenvalue weighted by Crippen LogP contribution is 2.26. The van der Waals surface area contributed by atoms with Crippen LogP contribution in [-0.4, -0.2) is 46.5 Å². The molecule has 2 heterocycles. The summed E-state index contributed by atoms with van der Waals surface area (Å²) < 4.78 is 5.78. The Hall–Kier alpha value is -3.51. The molecule has 6 heteroatoms. The summed E-state index contributed by atoms with van der Waals surface area (Å²) in [5.41, 5.74) is 4.65. The van der Waals surface area contributed by atoms with E-state index in [0.717, 1.165) is 28.0 Å². The number of morpholine rings is 1. The molecule has 4 rings (SSSR count). The molecule has 3 aromatic rings. The molecule has 1 fully saturated rings. The Morgan fingerprint density at radius 2 is 1.73 bits per heavy atom. The highest BCUT2D eigenvalue weighted by Gasteiger charge is 2.25. The van der Waals surface area contributed by atoms with Crippen molar-refractivity contribution < 1.29 is 14.6 Å². The fourth-order valence-electron chi connectivity index (χ4n) is 3.50. The molecule has 1 aliphatic rings. The molecule has 1 aromatic heterocycles. The molecule has 1 atom stereocenters. The minimum Gasteiger partial charge on any atom is -0.465 e. The van der Waals surface area contributed by atoms with Gasteiger partial charge in [-0.25, -0.2) is 14.8 Å². The Balaban J connectivity index is 1.67. The van der Waals surface area contributed by atoms with E-state index in [1.54, 1.807) is 6.20 Å². The number of nitrogens with zero attached hydrogens (tertiary/aromatic N) is 3. The first-order valence-corrected chi connectivity index (χ1v) is 9.87. The van der Waals surface area contributed by atoms with Crippen molar-refractivity contribution in [2.75, 3.05) is 19.7 Å². The van der Waals surface area contributed by atoms with E-state index in [9.17, 15) is 9.90 Å². The van der Waals surface area contributed by atoms with Gasteiger partial charge < -0.3 is 14.7 Å². The maximum atomic E-state index is 11.3. The van der Waals surface area contributed by atoms with E-state index < -0.39 is 6.09 Å². The first-order chi connectivity index (χ1) is 14.6. The smallest absolute Gasteiger partial charge is 0.407 e. The van der Waals surface area contributed by atoms with Crippen molar-refractivity contribution in [3.05, 3.63) is 95.2 Å². The Bertz CT molecular complexity index is 1010. The monoisotopic (exact) mass is 401 g/mol. The molecular formula is C24H23N3O3. The zero-order valence-electron chi connectivity index (χ0n) is 16.7. The SMILES string of the molecule is Cc1cc([C@H]2CN(C(=O)O)CCO2)cnc1N=C(c1ccccc1)c1ccccc1. The predicted molar refractivity (Wildman–Crippen MR) is 115 cm³/mol. The molecule has 0 unspecified atom stereocenters. The van der Waals surface area contributed by atoms with Crippen LogP contribution < -0.4 is 0 Å². The number of aryl methyl sites for hydroxylation is 1. The number of rotatable bonds is 4. The van der Waals surface area contributed by atoms with E-state index in [2.05, 4.69) is 4.98 Å². The second kappa shape index (κ2) is 8.88. The van der Waals surface area contributed by atoms with Crippen LogP contribution in [0.2, 0.25) is 0 Å². The highest BCUT2D eigenvalue weighted by molar-refractivity contribution is 6.13. The Labute approximate surface area is 175 Å². The fraction of sp³-hybridized carbons (Fsp3) is 0.208. The van der Waals surface area contributed by atoms with Gasteiger partial charge in [0, 0.05) is 29.4 Å². The topological polar surface area (TPSA) is 75.0 Å². The summed E-state index contributed by atoms with van der Waals surface area (Å²) in [6.45, 7) is 3.03. The van der Waals surface area contributed by atoms with Gasteiger partial charge in [0.05, 0.1) is 18.9 Å². The molecule has 6 nitrogen and oxygen atoms in total. The molecular weight excluding hydrogens is 378 g/mol. The molecule has 1 aliphatic heterocycles. The molecule has 0 saturated carbocycles. The first-order valence-electron chi connectivity index (χ1n) is 9.87. The minimum atomic E-state index is -0.926. The lowest BCUT2D eigenvalue weighted by molar-refractivity contribution is -0.0233. The Kier molecular flexibility index (Phi) is 5.86. The molecule has 30 heavy (non-hydrogen) atoms. The summed E-state index contributed by atoms with van der Waals surface area (Å²) in [5, 5.41) is 9.25. The standard InChI is InChI=1S/C24H23N3O3/c1-17-14-20(21-16-27(24(28)29)12-13-30-21)15-25-23(17)26-22(18-8-4-2-5-9-18)19-10-6-3-7-11-19/h2-11,14-15,21H,12-13,16H2,1H3,(H,28,29)/t21-/m1/s1. The molecule has 0 radical (unpaired) electrons. The maximum absolute atomic E-state index is 11.3. The average Bonchev–Trinajstić information content (AvgIpc) is 2.79. The molecule has 152 valence electrons. The largest absolute Gasteiger partial charge is 0.465 e. The van der Waals surface area contributed by atoms with Crippen LogP contribution in [0.15, 0.2) is 77.9 Å². The van der Waals surface area contributed by atoms with Crippen molar-refractivity contribution in [1.82, 2.24) is 9.88 Å². The van der Waals surface area contributed by atoms with Gasteiger partial charge in [-0.2, -0.15) is 0 Å². The number of benzene rings is 2. The number of aliphatic imine (C=N–C) groups is 1. The van der Waals surface area contributed by atoms with E-state index in [1.165, 1.54) is 4.90 Å². The molecule has 0 bridgehead atoms. The van der Waals surface area contributed by atoms with Crippen molar-refractivity contribution in [2.24, 2.45) is 4.99 Å². The van der Waals surface area contributed by atoms with Gasteiger partial charge in [0.2, 0.25) is 0 Å². The molecule has 0 aliphatic carbocycles. The predicted octanol–water partition coefficient (Wildman–Crippen LogP) is 4.61. The lowest BCUT2D eigenvalue weighted by Gasteiger charge is -2.31. The number of hydrogen-bond donors (Lipinski definition) is 1. The Morgan fingerprint density at radius 3 is 2.30 bits per heavy atom. The number of aromatic nitrogens is 1. The van der Waals surface area contributed by atoms with Crippen molar-refractivity contribution in [3.8, 4) is 0 Å². The van der Waals surface area contributed by atoms with Gasteiger partial charge in [-0.3, -0.25) is 0 Å². The van der Waals surface area contributed by atoms with Gasteiger partial charge in [0.1, 0.15) is 6.10 Å². The lowest BCUT2D eigenvalue weighted by atomic mass is 10.0. The van der Waals surface area contributed by atoms with Crippen molar-refractivity contribution in [2.45, 2.75) is 13.0 Å². The summed E-state index contributed by atoms with van der Waals surface area (Å²) >= 11 is 0. The summed E-state index contributed by atoms with van der Waals surface area (Å²) in [5.74, 6) is 0.632. The number of pyridine rings is 1. The van der Waals surface area contributed by atoms with Crippen LogP contribution in [0.5, 0.6) is 0 Å². The molecule has 1 saturated heterocycles. The summed E-state index contributed by atoms with van der Waals surface area (Å²) in [6.07, 6.45) is 0.487. The zero-order valence-corrected chi connectivity index (χ0v) is 16.7. The minimum absolute atomic E-state index is 0.304. The third kappa shape index (κ3) is 4.39. The molecule has 0 spiro atoms. The quantitative estimate of drug-likeness (QED) is 0.648. The van der Waals surface area contributed by atoms with Crippen LogP contribution >= 0.6 is 0 Å². The molecule has 2 aromatic carbocycles. The van der Waals surface area contributed by atoms with Crippen LogP contribution in [0.25, 0.3) is 0 Å². The number of hydrogen-bond acceptors (Lipinski definition) is 4. The van der Waals surface area contributed by atoms with E-state index in [1.807, 2.05) is 73.7 Å². The fourth-order valence-corrected chi connectivity index (χ4v) is 3.50. The maximum Gasteiger partial charge on any atom is 0.407 e. The van der Waals surface area contributed by atoms with Crippen LogP contribution in [0.1, 0.15) is 28.4 Å². The lowest BCUT2D eigenvalue weighted by Crippen LogP contribution is -2.41. The number of amides is 1. The highest BCUT2D eigenvalue weighted by atomic mass is 16.5. The summed E-state index contributed by atoms with van der Waals surface area (Å²) in [4.78, 5) is 22.1. The van der Waals surface area contributed by atoms with Gasteiger partial charge >= 0.3 is 6.09 Å². The average molecular weight is 401 g/mol. The Morgan fingerprint density at radius 1 is 1.10 bits per heavy atom. The number of ether oxygens (including phenoxy) is 1. The second-order valence-corrected chi connectivity index (χ2v) is 7.19. The number of carboxylic acid groups (broad SMARTS) is 1. The first kappa shape index (κ1) is 19.8. The van der Waals surface area contributed by atoms with E-state index >= 15 is 0 Å². The number of carbonyl (C=O) groups is 1. The van der Waals surface area contributed by atoms with Crippen LogP contribution in [0, 0.1) is 6.92 Å². The van der Waals surface area contributed by atoms with Gasteiger partial charge in [-0.1, -0.05) is 60.7 Å². The molecule has 1 N–H and O–H groups in total. The summed E-state index contributed by atoms with van der Waals surface area (Å²) in [7, 11) is 0. The van der Waals surface area contributed by atoms with Crippen LogP contribution in [-0.2, 0) is 4.74 Å². The van der Waals surface area contributed by atoms with Gasteiger partial charge in [-0.15, -0.1) is 0 Å². The van der Waals surface area contributed by atoms with Crippen molar-refractivity contribution in [1.29, 1.82) is 0 Å². The van der Waals surface area contributed by atoms with Gasteiger partial charge in [-0.05, 0) is 18.6 Å². The molecule has 1 amide bonds. The van der Waals surface area contributed by atoms with Crippen molar-refractivity contribution >= 4 is 17.6 Å².